The van der Waals surface area contributed by atoms with E-state index >= 15 is 0 Å². The molecule has 3 heterocycles. The van der Waals surface area contributed by atoms with Gasteiger partial charge in [-0.2, -0.15) is 11.3 Å². The molecule has 0 spiro atoms. The summed E-state index contributed by atoms with van der Waals surface area (Å²) in [5.41, 5.74) is 2.38. The summed E-state index contributed by atoms with van der Waals surface area (Å²) >= 11 is 1.69. The molecule has 0 fully saturated rings. The smallest absolute Gasteiger partial charge is 0.191 e. The van der Waals surface area contributed by atoms with Crippen molar-refractivity contribution in [2.75, 3.05) is 7.05 Å². The van der Waals surface area contributed by atoms with Gasteiger partial charge in [-0.05, 0) is 40.1 Å². The standard InChI is InChI=1S/C16H18N6S.HI/c1-17-16(21-10-14-3-7-23-11-14)20-9-13-2-4-19-15(8-13)22-6-5-18-12-22;/h2-8,11-12H,9-10H2,1H3,(H2,17,20,21);1H. The number of thiophene rings is 1. The van der Waals surface area contributed by atoms with Crippen molar-refractivity contribution < 1.29 is 0 Å². The van der Waals surface area contributed by atoms with Crippen molar-refractivity contribution in [3.8, 4) is 5.82 Å². The summed E-state index contributed by atoms with van der Waals surface area (Å²) in [6.45, 7) is 1.44. The quantitative estimate of drug-likeness (QED) is 0.354. The second kappa shape index (κ2) is 9.38. The van der Waals surface area contributed by atoms with E-state index in [0.29, 0.717) is 6.54 Å². The Morgan fingerprint density at radius 3 is 2.71 bits per heavy atom. The van der Waals surface area contributed by atoms with Gasteiger partial charge < -0.3 is 10.6 Å². The third-order valence-electron chi connectivity index (χ3n) is 3.30. The molecule has 0 unspecified atom stereocenters. The molecule has 0 radical (unpaired) electrons. The molecule has 126 valence electrons. The highest BCUT2D eigenvalue weighted by molar-refractivity contribution is 14.0. The van der Waals surface area contributed by atoms with Crippen LogP contribution in [-0.2, 0) is 13.1 Å². The number of nitrogens with one attached hydrogen (secondary N) is 2. The highest BCUT2D eigenvalue weighted by Gasteiger charge is 2.02. The number of rotatable bonds is 5. The molecule has 0 saturated carbocycles. The minimum atomic E-state index is 0. The maximum absolute atomic E-state index is 4.35. The van der Waals surface area contributed by atoms with Crippen LogP contribution in [0.2, 0.25) is 0 Å². The molecule has 0 amide bonds. The van der Waals surface area contributed by atoms with Crippen LogP contribution in [0.15, 0.2) is 58.9 Å². The summed E-state index contributed by atoms with van der Waals surface area (Å²) in [6, 6.07) is 6.12. The van der Waals surface area contributed by atoms with Gasteiger partial charge in [0.1, 0.15) is 12.1 Å². The molecule has 3 aromatic rings. The van der Waals surface area contributed by atoms with Gasteiger partial charge in [0.25, 0.3) is 0 Å². The Balaban J connectivity index is 0.00000208. The van der Waals surface area contributed by atoms with E-state index in [2.05, 4.69) is 42.4 Å². The van der Waals surface area contributed by atoms with E-state index in [-0.39, 0.29) is 24.0 Å². The lowest BCUT2D eigenvalue weighted by Crippen LogP contribution is -2.36. The predicted molar refractivity (Wildman–Crippen MR) is 108 cm³/mol. The van der Waals surface area contributed by atoms with Gasteiger partial charge in [-0.1, -0.05) is 0 Å². The van der Waals surface area contributed by atoms with Crippen LogP contribution in [-0.4, -0.2) is 27.5 Å². The van der Waals surface area contributed by atoms with Gasteiger partial charge in [-0.25, -0.2) is 9.97 Å². The molecule has 24 heavy (non-hydrogen) atoms. The fraction of sp³-hybridized carbons (Fsp3) is 0.188. The van der Waals surface area contributed by atoms with Gasteiger partial charge in [0, 0.05) is 38.7 Å². The van der Waals surface area contributed by atoms with Gasteiger partial charge in [0.2, 0.25) is 0 Å². The van der Waals surface area contributed by atoms with Gasteiger partial charge in [0.05, 0.1) is 0 Å². The molecule has 3 rings (SSSR count). The molecule has 0 aromatic carbocycles. The topological polar surface area (TPSA) is 67.1 Å². The van der Waals surface area contributed by atoms with Crippen LogP contribution in [0.3, 0.4) is 0 Å². The van der Waals surface area contributed by atoms with Gasteiger partial charge in [-0.3, -0.25) is 9.56 Å². The molecule has 0 atom stereocenters. The molecule has 6 nitrogen and oxygen atoms in total. The third kappa shape index (κ3) is 5.03. The molecule has 0 aliphatic carbocycles. The third-order valence-corrected chi connectivity index (χ3v) is 4.03. The molecular formula is C16H19IN6S. The molecular weight excluding hydrogens is 435 g/mol. The number of guanidine groups is 1. The van der Waals surface area contributed by atoms with Crippen LogP contribution in [0.1, 0.15) is 11.1 Å². The second-order valence-corrected chi connectivity index (χ2v) is 5.68. The van der Waals surface area contributed by atoms with Crippen molar-refractivity contribution in [3.63, 3.8) is 0 Å². The highest BCUT2D eigenvalue weighted by atomic mass is 127. The van der Waals surface area contributed by atoms with E-state index in [1.54, 1.807) is 37.1 Å². The summed E-state index contributed by atoms with van der Waals surface area (Å²) in [7, 11) is 1.77. The summed E-state index contributed by atoms with van der Waals surface area (Å²) in [5.74, 6) is 1.63. The normalized spacial score (nSPS) is 11.0. The number of halogens is 1. The van der Waals surface area contributed by atoms with Gasteiger partial charge in [-0.15, -0.1) is 24.0 Å². The Bertz CT molecular complexity index is 755. The monoisotopic (exact) mass is 454 g/mol. The summed E-state index contributed by atoms with van der Waals surface area (Å²) < 4.78 is 1.88. The minimum absolute atomic E-state index is 0. The van der Waals surface area contributed by atoms with Crippen molar-refractivity contribution in [2.45, 2.75) is 13.1 Å². The van der Waals surface area contributed by atoms with Crippen LogP contribution in [0, 0.1) is 0 Å². The van der Waals surface area contributed by atoms with Crippen LogP contribution in [0.4, 0.5) is 0 Å². The van der Waals surface area contributed by atoms with Crippen LogP contribution < -0.4 is 10.6 Å². The van der Waals surface area contributed by atoms with Crippen LogP contribution >= 0.6 is 35.3 Å². The summed E-state index contributed by atoms with van der Waals surface area (Å²) in [4.78, 5) is 12.6. The molecule has 0 saturated heterocycles. The predicted octanol–water partition coefficient (Wildman–Crippen LogP) is 2.81. The average Bonchev–Trinajstić information content (AvgIpc) is 3.29. The van der Waals surface area contributed by atoms with E-state index < -0.39 is 0 Å². The fourth-order valence-corrected chi connectivity index (χ4v) is 2.76. The summed E-state index contributed by atoms with van der Waals surface area (Å²) in [6.07, 6.45) is 7.15. The zero-order chi connectivity index (χ0) is 15.9. The highest BCUT2D eigenvalue weighted by Crippen LogP contribution is 2.07. The largest absolute Gasteiger partial charge is 0.352 e. The Morgan fingerprint density at radius 1 is 1.21 bits per heavy atom. The average molecular weight is 454 g/mol. The number of aromatic nitrogens is 3. The fourth-order valence-electron chi connectivity index (χ4n) is 2.09. The van der Waals surface area contributed by atoms with Crippen LogP contribution in [0.25, 0.3) is 5.82 Å². The maximum Gasteiger partial charge on any atom is 0.191 e. The van der Waals surface area contributed by atoms with E-state index in [0.717, 1.165) is 23.9 Å². The van der Waals surface area contributed by atoms with E-state index in [4.69, 9.17) is 0 Å². The van der Waals surface area contributed by atoms with Crippen LogP contribution in [0.5, 0.6) is 0 Å². The van der Waals surface area contributed by atoms with Crippen molar-refractivity contribution in [2.24, 2.45) is 4.99 Å². The first-order valence-corrected chi connectivity index (χ1v) is 8.18. The zero-order valence-corrected chi connectivity index (χ0v) is 16.4. The van der Waals surface area contributed by atoms with E-state index in [9.17, 15) is 0 Å². The molecule has 3 aromatic heterocycles. The number of pyridine rings is 1. The lowest BCUT2D eigenvalue weighted by atomic mass is 10.2. The second-order valence-electron chi connectivity index (χ2n) is 4.90. The lowest BCUT2D eigenvalue weighted by Gasteiger charge is -2.12. The number of aliphatic imine (C=N–C) groups is 1. The first-order chi connectivity index (χ1) is 11.3. The number of hydrogen-bond acceptors (Lipinski definition) is 4. The molecule has 8 heteroatoms. The first-order valence-electron chi connectivity index (χ1n) is 7.24. The van der Waals surface area contributed by atoms with Crippen molar-refractivity contribution in [3.05, 3.63) is 65.0 Å². The molecule has 0 aliphatic rings. The molecule has 0 bridgehead atoms. The zero-order valence-electron chi connectivity index (χ0n) is 13.2. The number of imidazole rings is 1. The molecule has 0 aliphatic heterocycles. The molecule has 2 N–H and O–H groups in total. The Hall–Kier alpha value is -1.94. The lowest BCUT2D eigenvalue weighted by molar-refractivity contribution is 0.808. The van der Waals surface area contributed by atoms with Gasteiger partial charge >= 0.3 is 0 Å². The number of nitrogens with zero attached hydrogens (tertiary/aromatic N) is 4. The van der Waals surface area contributed by atoms with Gasteiger partial charge in [0.15, 0.2) is 5.96 Å². The summed E-state index contributed by atoms with van der Waals surface area (Å²) in [5, 5.41) is 10.8. The van der Waals surface area contributed by atoms with Crippen molar-refractivity contribution in [1.82, 2.24) is 25.2 Å². The maximum atomic E-state index is 4.35. The minimum Gasteiger partial charge on any atom is -0.352 e. The Morgan fingerprint density at radius 2 is 2.04 bits per heavy atom. The first kappa shape index (κ1) is 18.4. The van der Waals surface area contributed by atoms with E-state index in [1.165, 1.54) is 5.56 Å². The van der Waals surface area contributed by atoms with Crippen molar-refractivity contribution in [1.29, 1.82) is 0 Å². The Kier molecular flexibility index (Phi) is 7.19. The van der Waals surface area contributed by atoms with E-state index in [1.807, 2.05) is 22.9 Å². The Labute approximate surface area is 162 Å². The van der Waals surface area contributed by atoms with Crippen molar-refractivity contribution >= 4 is 41.3 Å². The number of hydrogen-bond donors (Lipinski definition) is 2. The SMILES string of the molecule is CN=C(NCc1ccsc1)NCc1ccnc(-n2ccnc2)c1.I.